The summed E-state index contributed by atoms with van der Waals surface area (Å²) in [4.78, 5) is 33.3. The van der Waals surface area contributed by atoms with E-state index in [1.54, 1.807) is 0 Å². The molecule has 2 N–H and O–H groups in total. The third-order valence-corrected chi connectivity index (χ3v) is 3.54. The van der Waals surface area contributed by atoms with Crippen LogP contribution in [-0.2, 0) is 14.4 Å². The molecule has 0 aromatic rings. The van der Waals surface area contributed by atoms with Gasteiger partial charge in [0.25, 0.3) is 0 Å². The van der Waals surface area contributed by atoms with Gasteiger partial charge in [-0.15, -0.1) is 0 Å². The summed E-state index contributed by atoms with van der Waals surface area (Å²) >= 11 is 0. The van der Waals surface area contributed by atoms with Gasteiger partial charge < -0.3 is 10.6 Å². The SMILES string of the molecule is CC(C)NC(=O)C1CCC(CNC(=O)/C=C\C=O)CC1. The van der Waals surface area contributed by atoms with Crippen LogP contribution in [0.1, 0.15) is 39.5 Å². The summed E-state index contributed by atoms with van der Waals surface area (Å²) in [7, 11) is 0. The summed E-state index contributed by atoms with van der Waals surface area (Å²) in [5.74, 6) is 0.444. The lowest BCUT2D eigenvalue weighted by atomic mass is 9.81. The Labute approximate surface area is 120 Å². The second kappa shape index (κ2) is 8.51. The van der Waals surface area contributed by atoms with E-state index in [2.05, 4.69) is 10.6 Å². The molecule has 0 radical (unpaired) electrons. The molecule has 1 fully saturated rings. The van der Waals surface area contributed by atoms with Gasteiger partial charge in [-0.1, -0.05) is 0 Å². The minimum Gasteiger partial charge on any atom is -0.354 e. The molecule has 0 saturated heterocycles. The molecule has 0 bridgehead atoms. The Kier molecular flexibility index (Phi) is 6.98. The molecule has 5 nitrogen and oxygen atoms in total. The highest BCUT2D eigenvalue weighted by molar-refractivity contribution is 5.90. The van der Waals surface area contributed by atoms with Gasteiger partial charge in [-0.25, -0.2) is 0 Å². The van der Waals surface area contributed by atoms with Gasteiger partial charge in [0.1, 0.15) is 6.29 Å². The van der Waals surface area contributed by atoms with Crippen LogP contribution in [0.4, 0.5) is 0 Å². The Bertz CT molecular complexity index is 369. The summed E-state index contributed by atoms with van der Waals surface area (Å²) in [6.07, 6.45) is 6.66. The molecule has 5 heteroatoms. The van der Waals surface area contributed by atoms with Crippen molar-refractivity contribution in [1.82, 2.24) is 10.6 Å². The van der Waals surface area contributed by atoms with E-state index in [0.29, 0.717) is 18.7 Å². The predicted octanol–water partition coefficient (Wildman–Crippen LogP) is 1.19. The zero-order valence-corrected chi connectivity index (χ0v) is 12.2. The fourth-order valence-electron chi connectivity index (χ4n) is 2.46. The van der Waals surface area contributed by atoms with Gasteiger partial charge in [0, 0.05) is 24.6 Å². The molecule has 0 atom stereocenters. The van der Waals surface area contributed by atoms with Crippen LogP contribution in [0.2, 0.25) is 0 Å². The number of hydrogen-bond donors (Lipinski definition) is 2. The average Bonchev–Trinajstić information content (AvgIpc) is 2.42. The topological polar surface area (TPSA) is 75.3 Å². The van der Waals surface area contributed by atoms with Crippen molar-refractivity contribution in [3.63, 3.8) is 0 Å². The first-order valence-electron chi connectivity index (χ1n) is 7.23. The van der Waals surface area contributed by atoms with Crippen molar-refractivity contribution in [3.05, 3.63) is 12.2 Å². The first kappa shape index (κ1) is 16.4. The fourth-order valence-corrected chi connectivity index (χ4v) is 2.46. The van der Waals surface area contributed by atoms with Gasteiger partial charge in [0.05, 0.1) is 0 Å². The van der Waals surface area contributed by atoms with E-state index in [0.717, 1.165) is 25.7 Å². The van der Waals surface area contributed by atoms with Crippen LogP contribution in [0, 0.1) is 11.8 Å². The lowest BCUT2D eigenvalue weighted by Crippen LogP contribution is -2.38. The highest BCUT2D eigenvalue weighted by Gasteiger charge is 2.26. The van der Waals surface area contributed by atoms with Gasteiger partial charge in [-0.3, -0.25) is 14.4 Å². The van der Waals surface area contributed by atoms with E-state index in [9.17, 15) is 14.4 Å². The summed E-state index contributed by atoms with van der Waals surface area (Å²) in [5.41, 5.74) is 0. The molecule has 20 heavy (non-hydrogen) atoms. The number of allylic oxidation sites excluding steroid dienone is 1. The monoisotopic (exact) mass is 280 g/mol. The Balaban J connectivity index is 2.25. The molecule has 0 spiro atoms. The van der Waals surface area contributed by atoms with Crippen LogP contribution >= 0.6 is 0 Å². The first-order chi connectivity index (χ1) is 9.52. The normalized spacial score (nSPS) is 22.8. The van der Waals surface area contributed by atoms with Crippen LogP contribution in [-0.4, -0.2) is 30.7 Å². The Hall–Kier alpha value is -1.65. The molecule has 112 valence electrons. The number of carbonyl (C=O) groups is 3. The average molecular weight is 280 g/mol. The third kappa shape index (κ3) is 5.99. The molecule has 1 aliphatic rings. The molecule has 2 amide bonds. The number of hydrogen-bond acceptors (Lipinski definition) is 3. The van der Waals surface area contributed by atoms with Crippen LogP contribution in [0.5, 0.6) is 0 Å². The van der Waals surface area contributed by atoms with Gasteiger partial charge >= 0.3 is 0 Å². The first-order valence-corrected chi connectivity index (χ1v) is 7.23. The number of rotatable bonds is 6. The van der Waals surface area contributed by atoms with Crippen molar-refractivity contribution < 1.29 is 14.4 Å². The minimum absolute atomic E-state index is 0.110. The number of aldehydes is 1. The fraction of sp³-hybridized carbons (Fsp3) is 0.667. The Morgan fingerprint density at radius 2 is 1.85 bits per heavy atom. The molecular formula is C15H24N2O3. The number of carbonyl (C=O) groups excluding carboxylic acids is 3. The molecule has 1 rings (SSSR count). The van der Waals surface area contributed by atoms with Crippen LogP contribution in [0.3, 0.4) is 0 Å². The molecular weight excluding hydrogens is 256 g/mol. The maximum absolute atomic E-state index is 11.9. The molecule has 1 aliphatic carbocycles. The molecule has 0 aliphatic heterocycles. The largest absolute Gasteiger partial charge is 0.354 e. The Morgan fingerprint density at radius 3 is 2.40 bits per heavy atom. The van der Waals surface area contributed by atoms with E-state index >= 15 is 0 Å². The second-order valence-electron chi connectivity index (χ2n) is 5.62. The lowest BCUT2D eigenvalue weighted by Gasteiger charge is -2.28. The van der Waals surface area contributed by atoms with E-state index in [-0.39, 0.29) is 23.8 Å². The van der Waals surface area contributed by atoms with Gasteiger partial charge in [0.15, 0.2) is 0 Å². The van der Waals surface area contributed by atoms with Crippen LogP contribution < -0.4 is 10.6 Å². The second-order valence-corrected chi connectivity index (χ2v) is 5.62. The Morgan fingerprint density at radius 1 is 1.20 bits per heavy atom. The molecule has 0 aromatic carbocycles. The van der Waals surface area contributed by atoms with E-state index < -0.39 is 0 Å². The van der Waals surface area contributed by atoms with E-state index in [4.69, 9.17) is 0 Å². The van der Waals surface area contributed by atoms with Crippen LogP contribution in [0.25, 0.3) is 0 Å². The third-order valence-electron chi connectivity index (χ3n) is 3.54. The molecule has 1 saturated carbocycles. The minimum atomic E-state index is -0.239. The molecule has 0 heterocycles. The quantitative estimate of drug-likeness (QED) is 0.567. The summed E-state index contributed by atoms with van der Waals surface area (Å²) in [6.45, 7) is 4.54. The smallest absolute Gasteiger partial charge is 0.244 e. The van der Waals surface area contributed by atoms with Gasteiger partial charge in [0.2, 0.25) is 11.8 Å². The maximum Gasteiger partial charge on any atom is 0.244 e. The summed E-state index contributed by atoms with van der Waals surface area (Å²) < 4.78 is 0. The van der Waals surface area contributed by atoms with E-state index in [1.165, 1.54) is 12.2 Å². The van der Waals surface area contributed by atoms with Crippen molar-refractivity contribution in [1.29, 1.82) is 0 Å². The van der Waals surface area contributed by atoms with Gasteiger partial charge in [-0.05, 0) is 51.5 Å². The van der Waals surface area contributed by atoms with E-state index in [1.807, 2.05) is 13.8 Å². The van der Waals surface area contributed by atoms with Crippen molar-refractivity contribution in [2.75, 3.05) is 6.54 Å². The zero-order valence-electron chi connectivity index (χ0n) is 12.2. The number of amides is 2. The van der Waals surface area contributed by atoms with Gasteiger partial charge in [-0.2, -0.15) is 0 Å². The summed E-state index contributed by atoms with van der Waals surface area (Å²) in [6, 6.07) is 0.184. The van der Waals surface area contributed by atoms with Crippen molar-refractivity contribution in [2.24, 2.45) is 11.8 Å². The standard InChI is InChI=1S/C15H24N2O3/c1-11(2)17-15(20)13-7-5-12(6-8-13)10-16-14(19)4-3-9-18/h3-4,9,11-13H,5-8,10H2,1-2H3,(H,16,19)(H,17,20)/b4-3-. The predicted molar refractivity (Wildman–Crippen MR) is 76.9 cm³/mol. The van der Waals surface area contributed by atoms with Crippen molar-refractivity contribution >= 4 is 18.1 Å². The number of nitrogens with one attached hydrogen (secondary N) is 2. The molecule has 0 unspecified atom stereocenters. The van der Waals surface area contributed by atoms with Crippen molar-refractivity contribution in [3.8, 4) is 0 Å². The molecule has 0 aromatic heterocycles. The van der Waals surface area contributed by atoms with Crippen LogP contribution in [0.15, 0.2) is 12.2 Å². The zero-order chi connectivity index (χ0) is 15.0. The van der Waals surface area contributed by atoms with Crippen molar-refractivity contribution in [2.45, 2.75) is 45.6 Å². The maximum atomic E-state index is 11.9. The highest BCUT2D eigenvalue weighted by Crippen LogP contribution is 2.28. The summed E-state index contributed by atoms with van der Waals surface area (Å²) in [5, 5.41) is 5.73. The lowest BCUT2D eigenvalue weighted by molar-refractivity contribution is -0.127. The highest BCUT2D eigenvalue weighted by atomic mass is 16.2.